The number of pyridine rings is 1. The normalized spacial score (nSPS) is 10.4. The van der Waals surface area contributed by atoms with E-state index in [4.69, 9.17) is 0 Å². The Hall–Kier alpha value is -3.14. The van der Waals surface area contributed by atoms with Gasteiger partial charge in [-0.25, -0.2) is 4.79 Å². The summed E-state index contributed by atoms with van der Waals surface area (Å²) in [6.07, 6.45) is 2.62. The van der Waals surface area contributed by atoms with Gasteiger partial charge in [-0.3, -0.25) is 4.98 Å². The predicted molar refractivity (Wildman–Crippen MR) is 106 cm³/mol. The van der Waals surface area contributed by atoms with Gasteiger partial charge in [-0.05, 0) is 61.2 Å². The molecule has 3 aromatic rings. The van der Waals surface area contributed by atoms with Crippen LogP contribution >= 0.6 is 0 Å². The molecule has 3 rings (SSSR count). The first kappa shape index (κ1) is 17.7. The minimum atomic E-state index is -0.190. The molecule has 0 radical (unpaired) electrons. The lowest BCUT2D eigenvalue weighted by molar-refractivity contribution is 0.252. The number of rotatable bonds is 5. The first-order valence-electron chi connectivity index (χ1n) is 8.74. The minimum absolute atomic E-state index is 0.190. The SMILES string of the molecule is Cc1cccc(CCNC(=O)Nc2ccc(-c3ccnc(C)c3)cc2)c1. The number of hydrogen-bond donors (Lipinski definition) is 2. The van der Waals surface area contributed by atoms with E-state index in [0.29, 0.717) is 6.54 Å². The van der Waals surface area contributed by atoms with Gasteiger partial charge in [-0.15, -0.1) is 0 Å². The second-order valence-corrected chi connectivity index (χ2v) is 6.38. The molecule has 132 valence electrons. The van der Waals surface area contributed by atoms with Crippen molar-refractivity contribution in [2.75, 3.05) is 11.9 Å². The zero-order chi connectivity index (χ0) is 18.4. The summed E-state index contributed by atoms with van der Waals surface area (Å²) in [5, 5.41) is 5.76. The van der Waals surface area contributed by atoms with E-state index in [2.05, 4.69) is 40.7 Å². The number of anilines is 1. The van der Waals surface area contributed by atoms with E-state index in [9.17, 15) is 4.79 Å². The fourth-order valence-corrected chi connectivity index (χ4v) is 2.83. The summed E-state index contributed by atoms with van der Waals surface area (Å²) in [6.45, 7) is 4.64. The lowest BCUT2D eigenvalue weighted by atomic mass is 10.1. The van der Waals surface area contributed by atoms with Crippen LogP contribution in [-0.2, 0) is 6.42 Å². The van der Waals surface area contributed by atoms with Crippen molar-refractivity contribution in [3.8, 4) is 11.1 Å². The number of carbonyl (C=O) groups excluding carboxylic acids is 1. The maximum atomic E-state index is 12.0. The maximum absolute atomic E-state index is 12.0. The molecule has 2 N–H and O–H groups in total. The number of urea groups is 1. The molecule has 0 aliphatic carbocycles. The monoisotopic (exact) mass is 345 g/mol. The van der Waals surface area contributed by atoms with Crippen molar-refractivity contribution in [2.45, 2.75) is 20.3 Å². The van der Waals surface area contributed by atoms with Crippen molar-refractivity contribution < 1.29 is 4.79 Å². The molecule has 4 heteroatoms. The molecule has 4 nitrogen and oxygen atoms in total. The maximum Gasteiger partial charge on any atom is 0.319 e. The summed E-state index contributed by atoms with van der Waals surface area (Å²) in [5.41, 5.74) is 6.43. The van der Waals surface area contributed by atoms with E-state index in [1.165, 1.54) is 11.1 Å². The Kier molecular flexibility index (Phi) is 5.64. The molecule has 2 amide bonds. The highest BCUT2D eigenvalue weighted by molar-refractivity contribution is 5.89. The van der Waals surface area contributed by atoms with Gasteiger partial charge in [0.05, 0.1) is 0 Å². The van der Waals surface area contributed by atoms with Gasteiger partial charge >= 0.3 is 6.03 Å². The first-order valence-corrected chi connectivity index (χ1v) is 8.74. The summed E-state index contributed by atoms with van der Waals surface area (Å²) >= 11 is 0. The third kappa shape index (κ3) is 4.93. The van der Waals surface area contributed by atoms with Gasteiger partial charge in [-0.2, -0.15) is 0 Å². The zero-order valence-corrected chi connectivity index (χ0v) is 15.1. The Morgan fingerprint density at radius 2 is 1.77 bits per heavy atom. The molecule has 26 heavy (non-hydrogen) atoms. The molecule has 0 aliphatic rings. The van der Waals surface area contributed by atoms with E-state index in [1.54, 1.807) is 6.20 Å². The second kappa shape index (κ2) is 8.30. The average molecular weight is 345 g/mol. The Bertz CT molecular complexity index is 888. The molecule has 0 fully saturated rings. The molecule has 0 spiro atoms. The van der Waals surface area contributed by atoms with Crippen molar-refractivity contribution >= 4 is 11.7 Å². The predicted octanol–water partition coefficient (Wildman–Crippen LogP) is 4.73. The van der Waals surface area contributed by atoms with Crippen LogP contribution in [0.4, 0.5) is 10.5 Å². The third-order valence-corrected chi connectivity index (χ3v) is 4.15. The largest absolute Gasteiger partial charge is 0.338 e. The highest BCUT2D eigenvalue weighted by Crippen LogP contribution is 2.21. The van der Waals surface area contributed by atoms with Crippen LogP contribution in [0, 0.1) is 13.8 Å². The number of nitrogens with one attached hydrogen (secondary N) is 2. The van der Waals surface area contributed by atoms with Crippen LogP contribution in [-0.4, -0.2) is 17.6 Å². The molecular formula is C22H23N3O. The highest BCUT2D eigenvalue weighted by atomic mass is 16.2. The molecular weight excluding hydrogens is 322 g/mol. The van der Waals surface area contributed by atoms with E-state index in [1.807, 2.05) is 49.4 Å². The van der Waals surface area contributed by atoms with E-state index < -0.39 is 0 Å². The number of aromatic nitrogens is 1. The summed E-state index contributed by atoms with van der Waals surface area (Å²) in [4.78, 5) is 16.3. The quantitative estimate of drug-likeness (QED) is 0.702. The van der Waals surface area contributed by atoms with Crippen LogP contribution in [0.3, 0.4) is 0 Å². The zero-order valence-electron chi connectivity index (χ0n) is 15.1. The van der Waals surface area contributed by atoms with Crippen molar-refractivity contribution in [3.05, 3.63) is 83.7 Å². The van der Waals surface area contributed by atoms with Crippen LogP contribution in [0.25, 0.3) is 11.1 Å². The summed E-state index contributed by atoms with van der Waals surface area (Å²) < 4.78 is 0. The summed E-state index contributed by atoms with van der Waals surface area (Å²) in [6, 6.07) is 20.0. The smallest absolute Gasteiger partial charge is 0.319 e. The Morgan fingerprint density at radius 1 is 0.962 bits per heavy atom. The Labute approximate surface area is 154 Å². The van der Waals surface area contributed by atoms with Crippen LogP contribution < -0.4 is 10.6 Å². The number of aryl methyl sites for hydroxylation is 2. The van der Waals surface area contributed by atoms with Gasteiger partial charge in [0.15, 0.2) is 0 Å². The third-order valence-electron chi connectivity index (χ3n) is 4.15. The fourth-order valence-electron chi connectivity index (χ4n) is 2.83. The molecule has 0 bridgehead atoms. The van der Waals surface area contributed by atoms with Gasteiger partial charge in [-0.1, -0.05) is 42.0 Å². The molecule has 0 aliphatic heterocycles. The molecule has 2 aromatic carbocycles. The lowest BCUT2D eigenvalue weighted by Gasteiger charge is -2.09. The van der Waals surface area contributed by atoms with E-state index in [0.717, 1.165) is 28.9 Å². The molecule has 1 heterocycles. The topological polar surface area (TPSA) is 54.0 Å². The Morgan fingerprint density at radius 3 is 2.50 bits per heavy atom. The molecule has 1 aromatic heterocycles. The van der Waals surface area contributed by atoms with Crippen LogP contribution in [0.15, 0.2) is 66.9 Å². The number of benzene rings is 2. The number of nitrogens with zero attached hydrogens (tertiary/aromatic N) is 1. The Balaban J connectivity index is 1.51. The number of amides is 2. The van der Waals surface area contributed by atoms with Gasteiger partial charge < -0.3 is 10.6 Å². The van der Waals surface area contributed by atoms with Crippen molar-refractivity contribution in [3.63, 3.8) is 0 Å². The first-order chi connectivity index (χ1) is 12.6. The van der Waals surface area contributed by atoms with Crippen molar-refractivity contribution in [1.82, 2.24) is 10.3 Å². The van der Waals surface area contributed by atoms with Crippen LogP contribution in [0.5, 0.6) is 0 Å². The van der Waals surface area contributed by atoms with Gasteiger partial charge in [0.2, 0.25) is 0 Å². The standard InChI is InChI=1S/C22H23N3O/c1-16-4-3-5-18(14-16)10-12-24-22(26)25-21-8-6-19(7-9-21)20-11-13-23-17(2)15-20/h3-9,11,13-15H,10,12H2,1-2H3,(H2,24,25,26). The highest BCUT2D eigenvalue weighted by Gasteiger charge is 2.03. The molecule has 0 atom stereocenters. The van der Waals surface area contributed by atoms with Gasteiger partial charge in [0, 0.05) is 24.1 Å². The van der Waals surface area contributed by atoms with Crippen LogP contribution in [0.2, 0.25) is 0 Å². The molecule has 0 unspecified atom stereocenters. The lowest BCUT2D eigenvalue weighted by Crippen LogP contribution is -2.30. The van der Waals surface area contributed by atoms with Crippen LogP contribution in [0.1, 0.15) is 16.8 Å². The van der Waals surface area contributed by atoms with E-state index in [-0.39, 0.29) is 6.03 Å². The average Bonchev–Trinajstić information content (AvgIpc) is 2.62. The number of carbonyl (C=O) groups is 1. The summed E-state index contributed by atoms with van der Waals surface area (Å²) in [5.74, 6) is 0. The minimum Gasteiger partial charge on any atom is -0.338 e. The van der Waals surface area contributed by atoms with Gasteiger partial charge in [0.1, 0.15) is 0 Å². The van der Waals surface area contributed by atoms with E-state index >= 15 is 0 Å². The number of hydrogen-bond acceptors (Lipinski definition) is 2. The van der Waals surface area contributed by atoms with Crippen molar-refractivity contribution in [2.24, 2.45) is 0 Å². The molecule has 0 saturated carbocycles. The summed E-state index contributed by atoms with van der Waals surface area (Å²) in [7, 11) is 0. The molecule has 0 saturated heterocycles. The second-order valence-electron chi connectivity index (χ2n) is 6.38. The van der Waals surface area contributed by atoms with Crippen molar-refractivity contribution in [1.29, 1.82) is 0 Å². The van der Waals surface area contributed by atoms with Gasteiger partial charge in [0.25, 0.3) is 0 Å². The fraction of sp³-hybridized carbons (Fsp3) is 0.182.